The van der Waals surface area contributed by atoms with Crippen molar-refractivity contribution in [2.75, 3.05) is 11.9 Å². The third-order valence-electron chi connectivity index (χ3n) is 3.84. The summed E-state index contributed by atoms with van der Waals surface area (Å²) >= 11 is 1.40. The predicted octanol–water partition coefficient (Wildman–Crippen LogP) is 2.94. The monoisotopic (exact) mass is 336 g/mol. The normalized spacial score (nSPS) is 18.7. The zero-order valence-corrected chi connectivity index (χ0v) is 14.1. The van der Waals surface area contributed by atoms with Gasteiger partial charge >= 0.3 is 6.03 Å². The molecular weight excluding hydrogens is 316 g/mol. The first-order valence-corrected chi connectivity index (χ1v) is 8.69. The molecule has 0 unspecified atom stereocenters. The van der Waals surface area contributed by atoms with E-state index >= 15 is 0 Å². The molecule has 2 amide bonds. The Kier molecular flexibility index (Phi) is 4.85. The van der Waals surface area contributed by atoms with Crippen molar-refractivity contribution < 1.29 is 9.32 Å². The second kappa shape index (κ2) is 7.03. The number of anilines is 1. The maximum Gasteiger partial charge on any atom is 0.324 e. The van der Waals surface area contributed by atoms with E-state index in [4.69, 9.17) is 4.52 Å². The average molecular weight is 336 g/mol. The fourth-order valence-corrected chi connectivity index (χ4v) is 3.35. The van der Waals surface area contributed by atoms with E-state index in [9.17, 15) is 4.79 Å². The molecule has 9 heteroatoms. The highest BCUT2D eigenvalue weighted by atomic mass is 32.1. The highest BCUT2D eigenvalue weighted by molar-refractivity contribution is 7.15. The van der Waals surface area contributed by atoms with Crippen LogP contribution >= 0.6 is 11.3 Å². The molecule has 0 spiro atoms. The molecule has 1 saturated heterocycles. The molecule has 1 N–H and O–H groups in total. The Morgan fingerprint density at radius 3 is 2.96 bits per heavy atom. The summed E-state index contributed by atoms with van der Waals surface area (Å²) < 4.78 is 5.08. The number of urea groups is 1. The summed E-state index contributed by atoms with van der Waals surface area (Å²) in [5.41, 5.74) is 0. The smallest absolute Gasteiger partial charge is 0.324 e. The number of hydrogen-bond donors (Lipinski definition) is 1. The van der Waals surface area contributed by atoms with Crippen LogP contribution in [0.15, 0.2) is 4.52 Å². The van der Waals surface area contributed by atoms with Crippen LogP contribution in [0, 0.1) is 6.92 Å². The lowest BCUT2D eigenvalue weighted by Gasteiger charge is -2.27. The first-order valence-electron chi connectivity index (χ1n) is 7.87. The van der Waals surface area contributed by atoms with E-state index in [0.717, 1.165) is 37.1 Å². The molecule has 1 atom stereocenters. The van der Waals surface area contributed by atoms with Gasteiger partial charge in [-0.25, -0.2) is 4.79 Å². The molecule has 0 aliphatic carbocycles. The van der Waals surface area contributed by atoms with Crippen LogP contribution in [-0.4, -0.2) is 37.8 Å². The Balaban J connectivity index is 1.77. The van der Waals surface area contributed by atoms with Crippen molar-refractivity contribution in [3.05, 3.63) is 16.7 Å². The minimum absolute atomic E-state index is 0.159. The molecular formula is C14H20N6O2S. The molecule has 124 valence electrons. The van der Waals surface area contributed by atoms with Crippen LogP contribution in [0.3, 0.4) is 0 Å². The zero-order chi connectivity index (χ0) is 16.2. The van der Waals surface area contributed by atoms with Gasteiger partial charge in [0.05, 0.1) is 6.04 Å². The molecule has 0 bridgehead atoms. The third-order valence-corrected chi connectivity index (χ3v) is 4.82. The number of nitrogens with zero attached hydrogens (tertiary/aromatic N) is 5. The van der Waals surface area contributed by atoms with E-state index in [1.165, 1.54) is 11.3 Å². The molecule has 1 aliphatic heterocycles. The summed E-state index contributed by atoms with van der Waals surface area (Å²) in [6.45, 7) is 4.43. The Bertz CT molecular complexity index is 670. The molecule has 23 heavy (non-hydrogen) atoms. The average Bonchev–Trinajstić information content (AvgIpc) is 3.09. The number of nitrogens with one attached hydrogen (secondary N) is 1. The number of carbonyl (C=O) groups is 1. The van der Waals surface area contributed by atoms with Crippen molar-refractivity contribution in [2.45, 2.75) is 52.0 Å². The van der Waals surface area contributed by atoms with Crippen LogP contribution in [0.4, 0.5) is 9.93 Å². The van der Waals surface area contributed by atoms with Gasteiger partial charge in [0.1, 0.15) is 5.01 Å². The third kappa shape index (κ3) is 3.66. The minimum Gasteiger partial charge on any atom is -0.340 e. The quantitative estimate of drug-likeness (QED) is 0.925. The van der Waals surface area contributed by atoms with Gasteiger partial charge in [0, 0.05) is 13.5 Å². The topological polar surface area (TPSA) is 97.0 Å². The summed E-state index contributed by atoms with van der Waals surface area (Å²) in [6, 6.07) is -0.341. The molecule has 3 rings (SSSR count). The van der Waals surface area contributed by atoms with Crippen molar-refractivity contribution in [1.29, 1.82) is 0 Å². The molecule has 2 aromatic rings. The lowest BCUT2D eigenvalue weighted by Crippen LogP contribution is -2.38. The number of rotatable bonds is 3. The number of likely N-dealkylation sites (tertiary alicyclic amines) is 1. The SMILES string of the molecule is CCc1nnc(NC(=O)N2CCCCC[C@H]2c2noc(C)n2)s1. The Hall–Kier alpha value is -2.03. The molecule has 1 aliphatic rings. The van der Waals surface area contributed by atoms with Crippen molar-refractivity contribution in [1.82, 2.24) is 25.2 Å². The second-order valence-electron chi connectivity index (χ2n) is 5.51. The van der Waals surface area contributed by atoms with Crippen LogP contribution in [-0.2, 0) is 6.42 Å². The maximum atomic E-state index is 12.7. The molecule has 0 aromatic carbocycles. The first-order chi connectivity index (χ1) is 11.2. The molecule has 0 saturated carbocycles. The Morgan fingerprint density at radius 2 is 2.26 bits per heavy atom. The minimum atomic E-state index is -0.182. The highest BCUT2D eigenvalue weighted by Crippen LogP contribution is 2.29. The van der Waals surface area contributed by atoms with Crippen molar-refractivity contribution >= 4 is 22.5 Å². The van der Waals surface area contributed by atoms with Crippen LogP contribution < -0.4 is 5.32 Å². The number of hydrogen-bond acceptors (Lipinski definition) is 7. The summed E-state index contributed by atoms with van der Waals surface area (Å²) in [6.07, 6.45) is 4.75. The predicted molar refractivity (Wildman–Crippen MR) is 85.3 cm³/mol. The molecule has 0 radical (unpaired) electrons. The summed E-state index contributed by atoms with van der Waals surface area (Å²) in [5.74, 6) is 1.09. The fourth-order valence-electron chi connectivity index (χ4n) is 2.68. The number of aromatic nitrogens is 4. The largest absolute Gasteiger partial charge is 0.340 e. The second-order valence-corrected chi connectivity index (χ2v) is 6.58. The standard InChI is InChI=1S/C14H20N6O2S/c1-3-11-17-18-13(23-11)16-14(21)20-8-6-4-5-7-10(20)12-15-9(2)22-19-12/h10H,3-8H2,1-2H3,(H,16,18,21)/t10-/m0/s1. The van der Waals surface area contributed by atoms with Crippen molar-refractivity contribution in [3.63, 3.8) is 0 Å². The Morgan fingerprint density at radius 1 is 1.39 bits per heavy atom. The lowest BCUT2D eigenvalue weighted by molar-refractivity contribution is 0.184. The first kappa shape index (κ1) is 15.9. The summed E-state index contributed by atoms with van der Waals surface area (Å²) in [7, 11) is 0. The van der Waals surface area contributed by atoms with Gasteiger partial charge in [0.25, 0.3) is 0 Å². The van der Waals surface area contributed by atoms with Gasteiger partial charge in [0.2, 0.25) is 11.0 Å². The van der Waals surface area contributed by atoms with Gasteiger partial charge in [-0.3, -0.25) is 5.32 Å². The molecule has 1 fully saturated rings. The van der Waals surface area contributed by atoms with E-state index in [1.807, 2.05) is 6.92 Å². The van der Waals surface area contributed by atoms with Crippen LogP contribution in [0.5, 0.6) is 0 Å². The zero-order valence-electron chi connectivity index (χ0n) is 13.3. The van der Waals surface area contributed by atoms with Gasteiger partial charge in [-0.05, 0) is 19.3 Å². The number of amides is 2. The van der Waals surface area contributed by atoms with Gasteiger partial charge in [-0.15, -0.1) is 10.2 Å². The number of carbonyl (C=O) groups excluding carboxylic acids is 1. The fraction of sp³-hybridized carbons (Fsp3) is 0.643. The van der Waals surface area contributed by atoms with Crippen molar-refractivity contribution in [2.24, 2.45) is 0 Å². The van der Waals surface area contributed by atoms with Gasteiger partial charge in [-0.2, -0.15) is 4.98 Å². The summed E-state index contributed by atoms with van der Waals surface area (Å²) in [5, 5.41) is 16.3. The number of aryl methyl sites for hydroxylation is 2. The van der Waals surface area contributed by atoms with Crippen LogP contribution in [0.1, 0.15) is 55.4 Å². The van der Waals surface area contributed by atoms with E-state index in [0.29, 0.717) is 23.4 Å². The van der Waals surface area contributed by atoms with E-state index in [2.05, 4.69) is 25.7 Å². The van der Waals surface area contributed by atoms with Crippen molar-refractivity contribution in [3.8, 4) is 0 Å². The maximum absolute atomic E-state index is 12.7. The van der Waals surface area contributed by atoms with Crippen LogP contribution in [0.25, 0.3) is 0 Å². The van der Waals surface area contributed by atoms with Gasteiger partial charge in [-0.1, -0.05) is 36.3 Å². The molecule has 2 aromatic heterocycles. The van der Waals surface area contributed by atoms with E-state index < -0.39 is 0 Å². The Labute approximate surface area is 138 Å². The summed E-state index contributed by atoms with van der Waals surface area (Å²) in [4.78, 5) is 18.8. The van der Waals surface area contributed by atoms with E-state index in [-0.39, 0.29) is 12.1 Å². The lowest BCUT2D eigenvalue weighted by atomic mass is 10.1. The molecule has 3 heterocycles. The van der Waals surface area contributed by atoms with Gasteiger partial charge < -0.3 is 9.42 Å². The van der Waals surface area contributed by atoms with E-state index in [1.54, 1.807) is 11.8 Å². The molecule has 8 nitrogen and oxygen atoms in total. The van der Waals surface area contributed by atoms with Gasteiger partial charge in [0.15, 0.2) is 5.82 Å². The highest BCUT2D eigenvalue weighted by Gasteiger charge is 2.30. The van der Waals surface area contributed by atoms with Crippen LogP contribution in [0.2, 0.25) is 0 Å².